The Balaban J connectivity index is 3.20. The van der Waals surface area contributed by atoms with E-state index >= 15 is 0 Å². The number of anilines is 2. The highest BCUT2D eigenvalue weighted by Crippen LogP contribution is 2.35. The summed E-state index contributed by atoms with van der Waals surface area (Å²) in [6, 6.07) is 4.60. The van der Waals surface area contributed by atoms with Crippen molar-refractivity contribution in [2.45, 2.75) is 18.6 Å². The first kappa shape index (κ1) is 15.9. The molecule has 0 spiro atoms. The zero-order chi connectivity index (χ0) is 15.3. The van der Waals surface area contributed by atoms with E-state index in [9.17, 15) is 8.42 Å². The molecular formula is C12H17N3O4S. The van der Waals surface area contributed by atoms with Crippen molar-refractivity contribution in [1.29, 1.82) is 5.26 Å². The molecule has 110 valence electrons. The second-order valence-corrected chi connectivity index (χ2v) is 5.83. The molecule has 0 bridgehead atoms. The number of nitrogens with two attached hydrogens (primary N) is 1. The molecule has 0 aromatic heterocycles. The monoisotopic (exact) mass is 299 g/mol. The number of hydrogen-bond donors (Lipinski definition) is 2. The molecule has 0 aliphatic heterocycles. The lowest BCUT2D eigenvalue weighted by molar-refractivity contribution is 0.355. The molecule has 1 rings (SSSR count). The van der Waals surface area contributed by atoms with Crippen molar-refractivity contribution in [3.8, 4) is 17.6 Å². The minimum atomic E-state index is -3.83. The number of nitrogens with zero attached hydrogens (tertiary/aromatic N) is 1. The number of methoxy groups -OCH3 is 2. The molecule has 0 amide bonds. The van der Waals surface area contributed by atoms with Gasteiger partial charge in [-0.15, -0.1) is 0 Å². The van der Waals surface area contributed by atoms with Crippen LogP contribution in [-0.4, -0.2) is 27.9 Å². The molecular weight excluding hydrogens is 282 g/mol. The molecule has 0 saturated carbocycles. The Morgan fingerprint density at radius 2 is 1.90 bits per heavy atom. The Labute approximate surface area is 118 Å². The number of sulfonamides is 1. The molecule has 1 unspecified atom stereocenters. The number of benzene rings is 1. The van der Waals surface area contributed by atoms with Crippen molar-refractivity contribution in [3.63, 3.8) is 0 Å². The van der Waals surface area contributed by atoms with Gasteiger partial charge in [0.05, 0.1) is 31.7 Å². The zero-order valence-electron chi connectivity index (χ0n) is 11.5. The van der Waals surface area contributed by atoms with E-state index in [1.165, 1.54) is 26.4 Å². The van der Waals surface area contributed by atoms with Crippen molar-refractivity contribution in [3.05, 3.63) is 12.1 Å². The van der Waals surface area contributed by atoms with Crippen molar-refractivity contribution >= 4 is 21.4 Å². The van der Waals surface area contributed by atoms with Crippen LogP contribution in [0.5, 0.6) is 11.5 Å². The molecule has 8 heteroatoms. The fraction of sp³-hybridized carbons (Fsp3) is 0.417. The standard InChI is InChI=1S/C12H17N3O4S/c1-4-8(7-13)20(16,17)15-10-6-12(19-3)11(18-2)5-9(10)14/h5-6,8,15H,4,14H2,1-3H3. The molecule has 1 aromatic rings. The summed E-state index contributed by atoms with van der Waals surface area (Å²) in [7, 11) is -0.955. The largest absolute Gasteiger partial charge is 0.493 e. The second-order valence-electron chi connectivity index (χ2n) is 3.97. The Bertz CT molecular complexity index is 622. The van der Waals surface area contributed by atoms with Crippen LogP contribution in [0.1, 0.15) is 13.3 Å². The van der Waals surface area contributed by atoms with E-state index in [4.69, 9.17) is 20.5 Å². The van der Waals surface area contributed by atoms with Crippen LogP contribution in [-0.2, 0) is 10.0 Å². The van der Waals surface area contributed by atoms with E-state index in [1.54, 1.807) is 13.0 Å². The third-order valence-electron chi connectivity index (χ3n) is 2.70. The Kier molecular flexibility index (Phi) is 5.05. The molecule has 0 aliphatic rings. The van der Waals surface area contributed by atoms with E-state index in [-0.39, 0.29) is 17.8 Å². The van der Waals surface area contributed by atoms with Crippen LogP contribution in [0.15, 0.2) is 12.1 Å². The summed E-state index contributed by atoms with van der Waals surface area (Å²) in [5, 5.41) is 7.70. The van der Waals surface area contributed by atoms with Crippen molar-refractivity contribution in [2.24, 2.45) is 0 Å². The van der Waals surface area contributed by atoms with Gasteiger partial charge in [0.1, 0.15) is 0 Å². The summed E-state index contributed by atoms with van der Waals surface area (Å²) < 4.78 is 36.5. The second kappa shape index (κ2) is 6.34. The molecule has 3 N–H and O–H groups in total. The van der Waals surface area contributed by atoms with Crippen LogP contribution in [0.3, 0.4) is 0 Å². The van der Waals surface area contributed by atoms with Crippen LogP contribution in [0.2, 0.25) is 0 Å². The number of nitrogen functional groups attached to an aromatic ring is 1. The van der Waals surface area contributed by atoms with Crippen molar-refractivity contribution in [2.75, 3.05) is 24.7 Å². The molecule has 1 atom stereocenters. The normalized spacial score (nSPS) is 12.3. The van der Waals surface area contributed by atoms with Gasteiger partial charge in [0.25, 0.3) is 0 Å². The Morgan fingerprint density at radius 1 is 1.35 bits per heavy atom. The number of nitrogens with one attached hydrogen (secondary N) is 1. The smallest absolute Gasteiger partial charge is 0.249 e. The Morgan fingerprint density at radius 3 is 2.35 bits per heavy atom. The molecule has 0 radical (unpaired) electrons. The molecule has 0 fully saturated rings. The quantitative estimate of drug-likeness (QED) is 0.766. The van der Waals surface area contributed by atoms with Gasteiger partial charge >= 0.3 is 0 Å². The summed E-state index contributed by atoms with van der Waals surface area (Å²) in [5.74, 6) is 0.727. The lowest BCUT2D eigenvalue weighted by Gasteiger charge is -2.15. The minimum Gasteiger partial charge on any atom is -0.493 e. The molecule has 7 nitrogen and oxygen atoms in total. The summed E-state index contributed by atoms with van der Waals surface area (Å²) in [6.07, 6.45) is 0.180. The molecule has 20 heavy (non-hydrogen) atoms. The van der Waals surface area contributed by atoms with Crippen LogP contribution in [0.25, 0.3) is 0 Å². The number of nitriles is 1. The van der Waals surface area contributed by atoms with Gasteiger partial charge in [0.2, 0.25) is 10.0 Å². The Hall–Kier alpha value is -2.14. The molecule has 1 aromatic carbocycles. The number of hydrogen-bond acceptors (Lipinski definition) is 6. The summed E-state index contributed by atoms with van der Waals surface area (Å²) in [6.45, 7) is 1.62. The van der Waals surface area contributed by atoms with E-state index in [1.807, 2.05) is 0 Å². The van der Waals surface area contributed by atoms with E-state index < -0.39 is 15.3 Å². The minimum absolute atomic E-state index is 0.149. The third-order valence-corrected chi connectivity index (χ3v) is 4.39. The first-order valence-electron chi connectivity index (χ1n) is 5.82. The van der Waals surface area contributed by atoms with E-state index in [0.29, 0.717) is 11.5 Å². The molecule has 0 heterocycles. The number of rotatable bonds is 6. The van der Waals surface area contributed by atoms with Crippen LogP contribution in [0.4, 0.5) is 11.4 Å². The lowest BCUT2D eigenvalue weighted by Crippen LogP contribution is -2.26. The first-order valence-corrected chi connectivity index (χ1v) is 7.37. The van der Waals surface area contributed by atoms with Gasteiger partial charge in [-0.1, -0.05) is 6.92 Å². The van der Waals surface area contributed by atoms with Gasteiger partial charge < -0.3 is 15.2 Å². The SMILES string of the molecule is CCC(C#N)S(=O)(=O)Nc1cc(OC)c(OC)cc1N. The van der Waals surface area contributed by atoms with E-state index in [2.05, 4.69) is 4.72 Å². The zero-order valence-corrected chi connectivity index (χ0v) is 12.3. The topological polar surface area (TPSA) is 114 Å². The first-order chi connectivity index (χ1) is 9.39. The summed E-state index contributed by atoms with van der Waals surface area (Å²) in [5.41, 5.74) is 6.09. The van der Waals surface area contributed by atoms with Crippen LogP contribution < -0.4 is 19.9 Å². The van der Waals surface area contributed by atoms with Gasteiger partial charge in [-0.25, -0.2) is 8.42 Å². The number of ether oxygens (including phenoxy) is 2. The van der Waals surface area contributed by atoms with Crippen molar-refractivity contribution < 1.29 is 17.9 Å². The highest BCUT2D eigenvalue weighted by molar-refractivity contribution is 7.93. The van der Waals surface area contributed by atoms with E-state index in [0.717, 1.165) is 0 Å². The fourth-order valence-corrected chi connectivity index (χ4v) is 2.79. The summed E-state index contributed by atoms with van der Waals surface area (Å²) >= 11 is 0. The van der Waals surface area contributed by atoms with Crippen LogP contribution >= 0.6 is 0 Å². The molecule has 0 aliphatic carbocycles. The highest BCUT2D eigenvalue weighted by Gasteiger charge is 2.24. The predicted molar refractivity (Wildman–Crippen MR) is 76.2 cm³/mol. The highest BCUT2D eigenvalue weighted by atomic mass is 32.2. The average molecular weight is 299 g/mol. The molecule has 0 saturated heterocycles. The fourth-order valence-electron chi connectivity index (χ4n) is 1.59. The maximum absolute atomic E-state index is 12.0. The van der Waals surface area contributed by atoms with Gasteiger partial charge in [-0.2, -0.15) is 5.26 Å². The predicted octanol–water partition coefficient (Wildman–Crippen LogP) is 1.33. The average Bonchev–Trinajstić information content (AvgIpc) is 2.41. The maximum Gasteiger partial charge on any atom is 0.249 e. The van der Waals surface area contributed by atoms with Gasteiger partial charge in [-0.05, 0) is 6.42 Å². The van der Waals surface area contributed by atoms with Gasteiger partial charge in [-0.3, -0.25) is 4.72 Å². The van der Waals surface area contributed by atoms with Crippen LogP contribution in [0, 0.1) is 11.3 Å². The third kappa shape index (κ3) is 3.24. The lowest BCUT2D eigenvalue weighted by atomic mass is 10.2. The van der Waals surface area contributed by atoms with Crippen molar-refractivity contribution in [1.82, 2.24) is 0 Å². The summed E-state index contributed by atoms with van der Waals surface area (Å²) in [4.78, 5) is 0. The van der Waals surface area contributed by atoms with Gasteiger partial charge in [0, 0.05) is 12.1 Å². The van der Waals surface area contributed by atoms with Gasteiger partial charge in [0.15, 0.2) is 16.7 Å². The maximum atomic E-state index is 12.0.